The summed E-state index contributed by atoms with van der Waals surface area (Å²) < 4.78 is 26.4. The Kier molecular flexibility index (Phi) is 4.01. The van der Waals surface area contributed by atoms with Gasteiger partial charge in [0.1, 0.15) is 0 Å². The Bertz CT molecular complexity index is 464. The van der Waals surface area contributed by atoms with E-state index in [-0.39, 0.29) is 11.7 Å². The van der Waals surface area contributed by atoms with E-state index in [2.05, 4.69) is 15.0 Å². The highest BCUT2D eigenvalue weighted by Crippen LogP contribution is 2.19. The van der Waals surface area contributed by atoms with Crippen molar-refractivity contribution < 1.29 is 8.42 Å². The lowest BCUT2D eigenvalue weighted by Crippen LogP contribution is -2.33. The van der Waals surface area contributed by atoms with Gasteiger partial charge in [-0.05, 0) is 38.8 Å². The normalized spacial score (nSPS) is 18.2. The number of hydrogen-bond donors (Lipinski definition) is 2. The lowest BCUT2D eigenvalue weighted by Gasteiger charge is -2.22. The number of anilines is 1. The third-order valence-corrected chi connectivity index (χ3v) is 5.20. The van der Waals surface area contributed by atoms with Crippen molar-refractivity contribution >= 4 is 26.5 Å². The largest absolute Gasteiger partial charge is 0.317 e. The summed E-state index contributed by atoms with van der Waals surface area (Å²) >= 11 is 1.32. The van der Waals surface area contributed by atoms with E-state index >= 15 is 0 Å². The Hall–Kier alpha value is -0.660. The van der Waals surface area contributed by atoms with Crippen LogP contribution in [0.1, 0.15) is 18.5 Å². The van der Waals surface area contributed by atoms with Gasteiger partial charge in [-0.15, -0.1) is 11.3 Å². The van der Waals surface area contributed by atoms with Gasteiger partial charge in [-0.25, -0.2) is 13.4 Å². The number of hydrogen-bond acceptors (Lipinski definition) is 5. The van der Waals surface area contributed by atoms with E-state index < -0.39 is 10.0 Å². The monoisotopic (exact) mass is 275 g/mol. The summed E-state index contributed by atoms with van der Waals surface area (Å²) in [5.74, 6) is 0.461. The predicted molar refractivity (Wildman–Crippen MR) is 69.9 cm³/mol. The van der Waals surface area contributed by atoms with Crippen molar-refractivity contribution in [2.24, 2.45) is 5.92 Å². The van der Waals surface area contributed by atoms with Crippen LogP contribution in [0.3, 0.4) is 0 Å². The Morgan fingerprint density at radius 1 is 1.53 bits per heavy atom. The van der Waals surface area contributed by atoms with Crippen LogP contribution in [0.4, 0.5) is 5.13 Å². The summed E-state index contributed by atoms with van der Waals surface area (Å²) in [4.78, 5) is 4.10. The van der Waals surface area contributed by atoms with E-state index in [9.17, 15) is 8.42 Å². The van der Waals surface area contributed by atoms with Gasteiger partial charge in [-0.3, -0.25) is 4.72 Å². The maximum Gasteiger partial charge on any atom is 0.234 e. The zero-order valence-corrected chi connectivity index (χ0v) is 11.4. The SMILES string of the molecule is Cc1csc(NS(=O)(=O)CC2CCNCC2)n1. The standard InChI is InChI=1S/C10H17N3O2S2/c1-8-6-16-10(12-8)13-17(14,15)7-9-2-4-11-5-3-9/h6,9,11H,2-5,7H2,1H3,(H,12,13). The van der Waals surface area contributed by atoms with Crippen molar-refractivity contribution in [2.45, 2.75) is 19.8 Å². The summed E-state index contributed by atoms with van der Waals surface area (Å²) in [6, 6.07) is 0. The molecule has 0 spiro atoms. The van der Waals surface area contributed by atoms with Crippen molar-refractivity contribution in [3.63, 3.8) is 0 Å². The molecule has 2 N–H and O–H groups in total. The van der Waals surface area contributed by atoms with Gasteiger partial charge in [0, 0.05) is 5.38 Å². The first-order valence-electron chi connectivity index (χ1n) is 5.68. The summed E-state index contributed by atoms with van der Waals surface area (Å²) in [6.45, 7) is 3.67. The maximum atomic E-state index is 11.9. The van der Waals surface area contributed by atoms with Gasteiger partial charge in [-0.1, -0.05) is 0 Å². The molecule has 1 aliphatic rings. The number of thiazole rings is 1. The van der Waals surface area contributed by atoms with E-state index in [4.69, 9.17) is 0 Å². The number of aromatic nitrogens is 1. The number of nitrogens with zero attached hydrogens (tertiary/aromatic N) is 1. The molecular weight excluding hydrogens is 258 g/mol. The smallest absolute Gasteiger partial charge is 0.234 e. The molecule has 0 radical (unpaired) electrons. The third kappa shape index (κ3) is 3.93. The first kappa shape index (κ1) is 12.8. The molecule has 0 bridgehead atoms. The number of sulfonamides is 1. The van der Waals surface area contributed by atoms with Crippen molar-refractivity contribution in [3.05, 3.63) is 11.1 Å². The molecule has 1 aliphatic heterocycles. The zero-order chi connectivity index (χ0) is 12.3. The third-order valence-electron chi connectivity index (χ3n) is 2.78. The molecule has 0 aromatic carbocycles. The minimum Gasteiger partial charge on any atom is -0.317 e. The van der Waals surface area contributed by atoms with Crippen molar-refractivity contribution in [1.29, 1.82) is 0 Å². The fourth-order valence-corrected chi connectivity index (χ4v) is 4.39. The van der Waals surface area contributed by atoms with Crippen LogP contribution in [0.5, 0.6) is 0 Å². The van der Waals surface area contributed by atoms with Gasteiger partial charge < -0.3 is 5.32 Å². The average Bonchev–Trinajstić information content (AvgIpc) is 2.63. The van der Waals surface area contributed by atoms with Crippen molar-refractivity contribution in [2.75, 3.05) is 23.6 Å². The molecule has 0 atom stereocenters. The fourth-order valence-electron chi connectivity index (χ4n) is 1.93. The van der Waals surface area contributed by atoms with Crippen LogP contribution < -0.4 is 10.0 Å². The first-order chi connectivity index (χ1) is 8.05. The van der Waals surface area contributed by atoms with E-state index in [1.807, 2.05) is 12.3 Å². The Morgan fingerprint density at radius 3 is 2.82 bits per heavy atom. The highest BCUT2D eigenvalue weighted by atomic mass is 32.2. The van der Waals surface area contributed by atoms with Crippen LogP contribution in [-0.4, -0.2) is 32.2 Å². The number of rotatable bonds is 4. The quantitative estimate of drug-likeness (QED) is 0.866. The lowest BCUT2D eigenvalue weighted by atomic mass is 10.0. The number of aryl methyl sites for hydroxylation is 1. The van der Waals surface area contributed by atoms with Crippen molar-refractivity contribution in [3.8, 4) is 0 Å². The molecule has 1 aromatic rings. The Labute approximate surface area is 106 Å². The summed E-state index contributed by atoms with van der Waals surface area (Å²) in [7, 11) is -3.25. The van der Waals surface area contributed by atoms with Crippen LogP contribution >= 0.6 is 11.3 Å². The molecule has 17 heavy (non-hydrogen) atoms. The number of piperidine rings is 1. The minimum absolute atomic E-state index is 0.202. The summed E-state index contributed by atoms with van der Waals surface area (Å²) in [5, 5.41) is 5.53. The van der Waals surface area contributed by atoms with Gasteiger partial charge in [-0.2, -0.15) is 0 Å². The van der Waals surface area contributed by atoms with Crippen LogP contribution in [0.25, 0.3) is 0 Å². The molecule has 1 saturated heterocycles. The van der Waals surface area contributed by atoms with Gasteiger partial charge in [0.15, 0.2) is 5.13 Å². The molecule has 0 unspecified atom stereocenters. The second kappa shape index (κ2) is 5.32. The molecular formula is C10H17N3O2S2. The molecule has 5 nitrogen and oxygen atoms in total. The highest BCUT2D eigenvalue weighted by Gasteiger charge is 2.21. The van der Waals surface area contributed by atoms with Gasteiger partial charge >= 0.3 is 0 Å². The second-order valence-electron chi connectivity index (χ2n) is 4.37. The van der Waals surface area contributed by atoms with E-state index in [1.54, 1.807) is 0 Å². The predicted octanol–water partition coefficient (Wildman–Crippen LogP) is 1.19. The van der Waals surface area contributed by atoms with E-state index in [0.29, 0.717) is 5.13 Å². The van der Waals surface area contributed by atoms with Crippen LogP contribution in [0, 0.1) is 12.8 Å². The minimum atomic E-state index is -3.25. The molecule has 1 aromatic heterocycles. The fraction of sp³-hybridized carbons (Fsp3) is 0.700. The van der Waals surface area contributed by atoms with Gasteiger partial charge in [0.2, 0.25) is 10.0 Å². The average molecular weight is 275 g/mol. The molecule has 0 amide bonds. The van der Waals surface area contributed by atoms with Gasteiger partial charge in [0.25, 0.3) is 0 Å². The van der Waals surface area contributed by atoms with Crippen LogP contribution in [0.15, 0.2) is 5.38 Å². The second-order valence-corrected chi connectivity index (χ2v) is 7.00. The molecule has 0 saturated carbocycles. The Balaban J connectivity index is 1.94. The van der Waals surface area contributed by atoms with Crippen LogP contribution in [0.2, 0.25) is 0 Å². The topological polar surface area (TPSA) is 71.1 Å². The zero-order valence-electron chi connectivity index (χ0n) is 9.77. The molecule has 7 heteroatoms. The first-order valence-corrected chi connectivity index (χ1v) is 8.22. The van der Waals surface area contributed by atoms with E-state index in [1.165, 1.54) is 11.3 Å². The summed E-state index contributed by atoms with van der Waals surface area (Å²) in [6.07, 6.45) is 1.86. The summed E-state index contributed by atoms with van der Waals surface area (Å²) in [5.41, 5.74) is 0.842. The van der Waals surface area contributed by atoms with Gasteiger partial charge in [0.05, 0.1) is 11.4 Å². The molecule has 2 rings (SSSR count). The molecule has 1 fully saturated rings. The lowest BCUT2D eigenvalue weighted by molar-refractivity contribution is 0.402. The Morgan fingerprint density at radius 2 is 2.24 bits per heavy atom. The molecule has 2 heterocycles. The maximum absolute atomic E-state index is 11.9. The van der Waals surface area contributed by atoms with E-state index in [0.717, 1.165) is 31.6 Å². The molecule has 96 valence electrons. The van der Waals surface area contributed by atoms with Crippen LogP contribution in [-0.2, 0) is 10.0 Å². The van der Waals surface area contributed by atoms with Crippen molar-refractivity contribution in [1.82, 2.24) is 10.3 Å². The molecule has 0 aliphatic carbocycles. The number of nitrogens with one attached hydrogen (secondary N) is 2. The highest BCUT2D eigenvalue weighted by molar-refractivity contribution is 7.92.